The molecule has 1 aromatic heterocycles. The van der Waals surface area contributed by atoms with Crippen LogP contribution in [-0.2, 0) is 4.74 Å². The van der Waals surface area contributed by atoms with Crippen LogP contribution >= 0.6 is 0 Å². The Labute approximate surface area is 182 Å². The molecule has 0 bridgehead atoms. The first-order chi connectivity index (χ1) is 15.0. The molecule has 1 aliphatic heterocycles. The Morgan fingerprint density at radius 3 is 2.68 bits per heavy atom. The fraction of sp³-hybridized carbons (Fsp3) is 0.423. The standard InChI is InChI=1S/C26H29NO4/c1-16-14-17(2)24(20-9-12-27-23(16)20)31-22-8-11-26(10-3-13-30-26)15-21(22)18-4-6-19(7-5-18)25(28)29/h4-7,9,12,14,21-22,27H,3,8,10-11,13,15H2,1-2H3,(H,28,29). The lowest BCUT2D eigenvalue weighted by molar-refractivity contribution is -0.0558. The highest BCUT2D eigenvalue weighted by Gasteiger charge is 2.45. The van der Waals surface area contributed by atoms with Crippen molar-refractivity contribution in [2.75, 3.05) is 6.61 Å². The quantitative estimate of drug-likeness (QED) is 0.565. The Kier molecular flexibility index (Phi) is 5.01. The van der Waals surface area contributed by atoms with Gasteiger partial charge in [0.1, 0.15) is 11.9 Å². The Balaban J connectivity index is 1.50. The van der Waals surface area contributed by atoms with Crippen LogP contribution in [0, 0.1) is 13.8 Å². The van der Waals surface area contributed by atoms with Crippen molar-refractivity contribution in [1.29, 1.82) is 0 Å². The van der Waals surface area contributed by atoms with Crippen molar-refractivity contribution in [3.05, 3.63) is 64.8 Å². The van der Waals surface area contributed by atoms with Gasteiger partial charge in [0.25, 0.3) is 0 Å². The molecule has 3 unspecified atom stereocenters. The lowest BCUT2D eigenvalue weighted by Gasteiger charge is -2.42. The van der Waals surface area contributed by atoms with Crippen LogP contribution in [0.3, 0.4) is 0 Å². The van der Waals surface area contributed by atoms with E-state index in [1.54, 1.807) is 12.1 Å². The summed E-state index contributed by atoms with van der Waals surface area (Å²) in [5, 5.41) is 10.4. The lowest BCUT2D eigenvalue weighted by Crippen LogP contribution is -2.42. The average Bonchev–Trinajstić information content (AvgIpc) is 3.42. The molecule has 1 saturated heterocycles. The van der Waals surface area contributed by atoms with Gasteiger partial charge in [-0.15, -0.1) is 0 Å². The van der Waals surface area contributed by atoms with Gasteiger partial charge in [-0.3, -0.25) is 0 Å². The van der Waals surface area contributed by atoms with Gasteiger partial charge in [-0.2, -0.15) is 0 Å². The van der Waals surface area contributed by atoms with Crippen molar-refractivity contribution in [1.82, 2.24) is 4.98 Å². The number of aryl methyl sites for hydroxylation is 2. The summed E-state index contributed by atoms with van der Waals surface area (Å²) in [6, 6.07) is 11.6. The number of hydrogen-bond donors (Lipinski definition) is 2. The van der Waals surface area contributed by atoms with Crippen LogP contribution in [-0.4, -0.2) is 34.4 Å². The van der Waals surface area contributed by atoms with Crippen LogP contribution in [0.4, 0.5) is 0 Å². The highest BCUT2D eigenvalue weighted by atomic mass is 16.5. The van der Waals surface area contributed by atoms with E-state index >= 15 is 0 Å². The van der Waals surface area contributed by atoms with Gasteiger partial charge < -0.3 is 19.6 Å². The zero-order valence-electron chi connectivity index (χ0n) is 18.1. The number of aromatic amines is 1. The van der Waals surface area contributed by atoms with Crippen molar-refractivity contribution >= 4 is 16.9 Å². The minimum atomic E-state index is -0.899. The average molecular weight is 420 g/mol. The van der Waals surface area contributed by atoms with E-state index in [0.717, 1.165) is 66.5 Å². The van der Waals surface area contributed by atoms with Crippen LogP contribution < -0.4 is 4.74 Å². The summed E-state index contributed by atoms with van der Waals surface area (Å²) in [5.74, 6) is 0.204. The van der Waals surface area contributed by atoms with Gasteiger partial charge in [-0.25, -0.2) is 4.79 Å². The van der Waals surface area contributed by atoms with E-state index in [1.807, 2.05) is 18.3 Å². The number of carboxylic acids is 1. The van der Waals surface area contributed by atoms with Gasteiger partial charge in [0.15, 0.2) is 0 Å². The van der Waals surface area contributed by atoms with Crippen LogP contribution in [0.25, 0.3) is 10.9 Å². The summed E-state index contributed by atoms with van der Waals surface area (Å²) in [6.07, 6.45) is 7.02. The number of H-pyrrole nitrogens is 1. The molecule has 5 nitrogen and oxygen atoms in total. The number of carbonyl (C=O) groups is 1. The molecule has 3 aromatic rings. The van der Waals surface area contributed by atoms with E-state index in [0.29, 0.717) is 5.56 Å². The van der Waals surface area contributed by atoms with E-state index < -0.39 is 5.97 Å². The number of aromatic nitrogens is 1. The van der Waals surface area contributed by atoms with Gasteiger partial charge in [0, 0.05) is 24.1 Å². The Hall–Kier alpha value is -2.79. The molecule has 2 N–H and O–H groups in total. The first-order valence-electron chi connectivity index (χ1n) is 11.2. The van der Waals surface area contributed by atoms with Crippen LogP contribution in [0.1, 0.15) is 65.1 Å². The minimum Gasteiger partial charge on any atom is -0.489 e. The second-order valence-electron chi connectivity index (χ2n) is 9.17. The van der Waals surface area contributed by atoms with E-state index in [4.69, 9.17) is 9.47 Å². The van der Waals surface area contributed by atoms with Crippen molar-refractivity contribution in [2.24, 2.45) is 0 Å². The second-order valence-corrected chi connectivity index (χ2v) is 9.17. The van der Waals surface area contributed by atoms with Crippen LogP contribution in [0.5, 0.6) is 5.75 Å². The van der Waals surface area contributed by atoms with Crippen LogP contribution in [0.15, 0.2) is 42.6 Å². The van der Waals surface area contributed by atoms with Crippen molar-refractivity contribution < 1.29 is 19.4 Å². The molecule has 2 aromatic carbocycles. The normalized spacial score (nSPS) is 25.9. The third-order valence-corrected chi connectivity index (χ3v) is 7.14. The zero-order valence-corrected chi connectivity index (χ0v) is 18.1. The maximum absolute atomic E-state index is 11.3. The Morgan fingerprint density at radius 1 is 1.16 bits per heavy atom. The Morgan fingerprint density at radius 2 is 1.97 bits per heavy atom. The van der Waals surface area contributed by atoms with Crippen molar-refractivity contribution in [3.8, 4) is 5.75 Å². The summed E-state index contributed by atoms with van der Waals surface area (Å²) in [7, 11) is 0. The maximum Gasteiger partial charge on any atom is 0.335 e. The fourth-order valence-corrected chi connectivity index (χ4v) is 5.57. The SMILES string of the molecule is Cc1cc(C)c2[nH]ccc2c1OC1CCC2(CCCO2)CC1c1ccc(C(=O)O)cc1. The number of ether oxygens (including phenoxy) is 2. The zero-order chi connectivity index (χ0) is 21.6. The molecule has 5 heteroatoms. The molecule has 2 fully saturated rings. The molecule has 1 saturated carbocycles. The number of rotatable bonds is 4. The number of fused-ring (bicyclic) bond motifs is 1. The third-order valence-electron chi connectivity index (χ3n) is 7.14. The summed E-state index contributed by atoms with van der Waals surface area (Å²) in [5.41, 5.74) is 4.85. The van der Waals surface area contributed by atoms with Crippen molar-refractivity contribution in [2.45, 2.75) is 63.6 Å². The largest absolute Gasteiger partial charge is 0.489 e. The smallest absolute Gasteiger partial charge is 0.335 e. The van der Waals surface area contributed by atoms with E-state index in [9.17, 15) is 9.90 Å². The minimum absolute atomic E-state index is 0.0185. The fourth-order valence-electron chi connectivity index (χ4n) is 5.57. The molecule has 0 radical (unpaired) electrons. The summed E-state index contributed by atoms with van der Waals surface area (Å²) < 4.78 is 13.0. The number of carboxylic acid groups (broad SMARTS) is 1. The molecule has 2 heterocycles. The molecule has 1 aliphatic carbocycles. The van der Waals surface area contributed by atoms with Crippen molar-refractivity contribution in [3.63, 3.8) is 0 Å². The number of nitrogens with one attached hydrogen (secondary N) is 1. The second kappa shape index (κ2) is 7.72. The first-order valence-corrected chi connectivity index (χ1v) is 11.2. The monoisotopic (exact) mass is 419 g/mol. The van der Waals surface area contributed by atoms with E-state index in [-0.39, 0.29) is 17.6 Å². The molecule has 3 atom stereocenters. The number of aromatic carboxylic acids is 1. The Bertz CT molecular complexity index is 1110. The van der Waals surface area contributed by atoms with Gasteiger partial charge in [-0.05, 0) is 80.8 Å². The molecular formula is C26H29NO4. The van der Waals surface area contributed by atoms with Gasteiger partial charge in [0.2, 0.25) is 0 Å². The lowest BCUT2D eigenvalue weighted by atomic mass is 9.72. The maximum atomic E-state index is 11.3. The van der Waals surface area contributed by atoms with Crippen LogP contribution in [0.2, 0.25) is 0 Å². The van der Waals surface area contributed by atoms with E-state index in [1.165, 1.54) is 5.56 Å². The molecule has 162 valence electrons. The molecule has 1 spiro atoms. The van der Waals surface area contributed by atoms with E-state index in [2.05, 4.69) is 31.0 Å². The topological polar surface area (TPSA) is 71.5 Å². The summed E-state index contributed by atoms with van der Waals surface area (Å²) >= 11 is 0. The molecule has 5 rings (SSSR count). The van der Waals surface area contributed by atoms with Gasteiger partial charge in [0.05, 0.1) is 16.7 Å². The molecule has 31 heavy (non-hydrogen) atoms. The predicted molar refractivity (Wildman–Crippen MR) is 120 cm³/mol. The first kappa shape index (κ1) is 20.1. The molecule has 2 aliphatic rings. The van der Waals surface area contributed by atoms with Gasteiger partial charge in [-0.1, -0.05) is 18.2 Å². The summed E-state index contributed by atoms with van der Waals surface area (Å²) in [4.78, 5) is 14.7. The molecule has 0 amide bonds. The predicted octanol–water partition coefficient (Wildman–Crippen LogP) is 5.75. The third kappa shape index (κ3) is 3.61. The summed E-state index contributed by atoms with van der Waals surface area (Å²) in [6.45, 7) is 5.05. The number of benzene rings is 2. The number of hydrogen-bond acceptors (Lipinski definition) is 3. The van der Waals surface area contributed by atoms with Gasteiger partial charge >= 0.3 is 5.97 Å². The highest BCUT2D eigenvalue weighted by molar-refractivity contribution is 5.90. The highest BCUT2D eigenvalue weighted by Crippen LogP contribution is 2.47. The molecular weight excluding hydrogens is 390 g/mol.